The van der Waals surface area contributed by atoms with Crippen LogP contribution in [0.2, 0.25) is 0 Å². The Morgan fingerprint density at radius 2 is 2.29 bits per heavy atom. The molecule has 96 valence electrons. The van der Waals surface area contributed by atoms with Crippen LogP contribution in [0, 0.1) is 0 Å². The minimum absolute atomic E-state index is 0.0691. The van der Waals surface area contributed by atoms with Gasteiger partial charge in [-0.15, -0.1) is 0 Å². The molecule has 0 aromatic heterocycles. The number of carbonyl (C=O) groups is 2. The second-order valence-corrected chi connectivity index (χ2v) is 5.73. The highest BCUT2D eigenvalue weighted by atomic mass is 32.2. The van der Waals surface area contributed by atoms with Crippen molar-refractivity contribution in [1.82, 2.24) is 10.2 Å². The highest BCUT2D eigenvalue weighted by Gasteiger charge is 2.27. The molecule has 2 amide bonds. The summed E-state index contributed by atoms with van der Waals surface area (Å²) >= 11 is 6.48. The van der Waals surface area contributed by atoms with E-state index in [9.17, 15) is 9.59 Å². The molecule has 1 aliphatic heterocycles. The fraction of sp³-hybridized carbons (Fsp3) is 0.700. The number of rotatable bonds is 3. The lowest BCUT2D eigenvalue weighted by atomic mass is 10.3. The van der Waals surface area contributed by atoms with Crippen molar-refractivity contribution in [3.63, 3.8) is 0 Å². The van der Waals surface area contributed by atoms with E-state index >= 15 is 0 Å². The van der Waals surface area contributed by atoms with E-state index in [4.69, 9.17) is 5.73 Å². The summed E-state index contributed by atoms with van der Waals surface area (Å²) in [5.74, 6) is -0.230. The minimum atomic E-state index is -0.625. The Morgan fingerprint density at radius 1 is 1.59 bits per heavy atom. The molecule has 1 heterocycles. The van der Waals surface area contributed by atoms with Gasteiger partial charge in [-0.05, 0) is 6.42 Å². The van der Waals surface area contributed by atoms with E-state index in [2.05, 4.69) is 24.5 Å². The van der Waals surface area contributed by atoms with Gasteiger partial charge >= 0.3 is 11.8 Å². The summed E-state index contributed by atoms with van der Waals surface area (Å²) in [6.07, 6.45) is 1.00. The Kier molecular flexibility index (Phi) is 5.70. The number of nitrogens with two attached hydrogens (primary N) is 1. The zero-order valence-electron chi connectivity index (χ0n) is 9.77. The number of nitrogens with zero attached hydrogens (tertiary/aromatic N) is 1. The van der Waals surface area contributed by atoms with Gasteiger partial charge in [-0.3, -0.25) is 9.59 Å². The number of thioether (sulfide) groups is 1. The van der Waals surface area contributed by atoms with Crippen LogP contribution < -0.4 is 11.1 Å². The fourth-order valence-corrected chi connectivity index (χ4v) is 2.79. The summed E-state index contributed by atoms with van der Waals surface area (Å²) < 4.78 is 0. The molecule has 0 bridgehead atoms. The van der Waals surface area contributed by atoms with Gasteiger partial charge in [-0.25, -0.2) is 0 Å². The Hall–Kier alpha value is -0.820. The van der Waals surface area contributed by atoms with Gasteiger partial charge in [0.15, 0.2) is 0 Å². The van der Waals surface area contributed by atoms with Crippen molar-refractivity contribution < 1.29 is 9.59 Å². The van der Waals surface area contributed by atoms with E-state index in [1.807, 2.05) is 11.8 Å². The predicted molar refractivity (Wildman–Crippen MR) is 72.9 cm³/mol. The smallest absolute Gasteiger partial charge is 0.311 e. The van der Waals surface area contributed by atoms with E-state index < -0.39 is 11.8 Å². The maximum Gasteiger partial charge on any atom is 0.311 e. The number of nitrogens with one attached hydrogen (secondary N) is 1. The number of hydrogen-bond acceptors (Lipinski definition) is 4. The number of amides is 2. The molecule has 1 atom stereocenters. The molecule has 1 fully saturated rings. The lowest BCUT2D eigenvalue weighted by molar-refractivity contribution is -0.145. The molecule has 7 heteroatoms. The van der Waals surface area contributed by atoms with Crippen molar-refractivity contribution in [3.05, 3.63) is 0 Å². The lowest BCUT2D eigenvalue weighted by Gasteiger charge is -2.31. The van der Waals surface area contributed by atoms with Crippen molar-refractivity contribution in [2.75, 3.05) is 25.4 Å². The lowest BCUT2D eigenvalue weighted by Crippen LogP contribution is -2.49. The van der Waals surface area contributed by atoms with Gasteiger partial charge in [0.2, 0.25) is 0 Å². The first-order chi connectivity index (χ1) is 8.04. The van der Waals surface area contributed by atoms with Gasteiger partial charge in [0.05, 0.1) is 11.5 Å². The maximum absolute atomic E-state index is 11.8. The fourth-order valence-electron chi connectivity index (χ4n) is 1.54. The van der Waals surface area contributed by atoms with E-state index in [1.54, 1.807) is 4.90 Å². The van der Waals surface area contributed by atoms with Crippen LogP contribution in [0.5, 0.6) is 0 Å². The van der Waals surface area contributed by atoms with E-state index in [0.29, 0.717) is 18.3 Å². The van der Waals surface area contributed by atoms with Gasteiger partial charge < -0.3 is 16.0 Å². The van der Waals surface area contributed by atoms with Gasteiger partial charge in [0, 0.05) is 24.1 Å². The average Bonchev–Trinajstić information content (AvgIpc) is 2.35. The van der Waals surface area contributed by atoms with Crippen LogP contribution in [0.15, 0.2) is 0 Å². The van der Waals surface area contributed by atoms with Crippen LogP contribution >= 0.6 is 24.0 Å². The standard InChI is InChI=1S/C10H17N3O2S2/c1-2-7-6-13(3-4-17-7)10(15)9(14)12-5-8(11)16/h7H,2-6H2,1H3,(H2,11,16)(H,12,14). The molecule has 1 saturated heterocycles. The summed E-state index contributed by atoms with van der Waals surface area (Å²) in [6.45, 7) is 3.42. The first-order valence-electron chi connectivity index (χ1n) is 5.51. The van der Waals surface area contributed by atoms with Gasteiger partial charge in [0.1, 0.15) is 0 Å². The monoisotopic (exact) mass is 275 g/mol. The Labute approximate surface area is 110 Å². The molecule has 0 aliphatic carbocycles. The van der Waals surface area contributed by atoms with E-state index in [1.165, 1.54) is 0 Å². The van der Waals surface area contributed by atoms with Crippen molar-refractivity contribution in [2.45, 2.75) is 18.6 Å². The van der Waals surface area contributed by atoms with E-state index in [-0.39, 0.29) is 11.5 Å². The Bertz CT molecular complexity index is 323. The summed E-state index contributed by atoms with van der Waals surface area (Å²) in [6, 6.07) is 0. The highest BCUT2D eigenvalue weighted by molar-refractivity contribution is 8.00. The van der Waals surface area contributed by atoms with Crippen molar-refractivity contribution in [2.24, 2.45) is 5.73 Å². The molecule has 1 aliphatic rings. The maximum atomic E-state index is 11.8. The van der Waals surface area contributed by atoms with Crippen LogP contribution in [-0.4, -0.2) is 52.3 Å². The molecule has 0 aromatic carbocycles. The van der Waals surface area contributed by atoms with Crippen LogP contribution in [0.1, 0.15) is 13.3 Å². The number of hydrogen-bond donors (Lipinski definition) is 2. The van der Waals surface area contributed by atoms with E-state index in [0.717, 1.165) is 12.2 Å². The van der Waals surface area contributed by atoms with Crippen LogP contribution in [0.25, 0.3) is 0 Å². The molecule has 1 unspecified atom stereocenters. The molecule has 3 N–H and O–H groups in total. The first-order valence-corrected chi connectivity index (χ1v) is 6.97. The zero-order valence-corrected chi connectivity index (χ0v) is 11.4. The third-order valence-electron chi connectivity index (χ3n) is 2.50. The molecule has 5 nitrogen and oxygen atoms in total. The summed E-state index contributed by atoms with van der Waals surface area (Å²) in [5, 5.41) is 2.84. The van der Waals surface area contributed by atoms with Crippen molar-refractivity contribution in [1.29, 1.82) is 0 Å². The zero-order chi connectivity index (χ0) is 12.8. The average molecular weight is 275 g/mol. The Balaban J connectivity index is 2.45. The largest absolute Gasteiger partial charge is 0.392 e. The molecular formula is C10H17N3O2S2. The topological polar surface area (TPSA) is 75.4 Å². The molecule has 1 rings (SSSR count). The molecule has 0 radical (unpaired) electrons. The second-order valence-electron chi connectivity index (χ2n) is 3.80. The molecule has 0 saturated carbocycles. The SMILES string of the molecule is CCC1CN(C(=O)C(=O)NCC(N)=S)CCS1. The minimum Gasteiger partial charge on any atom is -0.392 e. The van der Waals surface area contributed by atoms with Crippen molar-refractivity contribution >= 4 is 40.8 Å². The highest BCUT2D eigenvalue weighted by Crippen LogP contribution is 2.20. The van der Waals surface area contributed by atoms with Gasteiger partial charge in [-0.1, -0.05) is 19.1 Å². The summed E-state index contributed by atoms with van der Waals surface area (Å²) in [5.41, 5.74) is 5.25. The predicted octanol–water partition coefficient (Wildman–Crippen LogP) is -0.257. The number of carbonyl (C=O) groups excluding carboxylic acids is 2. The normalized spacial score (nSPS) is 19.8. The second kappa shape index (κ2) is 6.80. The van der Waals surface area contributed by atoms with Crippen molar-refractivity contribution in [3.8, 4) is 0 Å². The van der Waals surface area contributed by atoms with Crippen LogP contribution in [0.4, 0.5) is 0 Å². The van der Waals surface area contributed by atoms with Crippen LogP contribution in [-0.2, 0) is 9.59 Å². The number of thiocarbonyl (C=S) groups is 1. The molecular weight excluding hydrogens is 258 g/mol. The van der Waals surface area contributed by atoms with Gasteiger partial charge in [-0.2, -0.15) is 11.8 Å². The summed E-state index contributed by atoms with van der Waals surface area (Å²) in [4.78, 5) is 25.1. The van der Waals surface area contributed by atoms with Gasteiger partial charge in [0.25, 0.3) is 0 Å². The third kappa shape index (κ3) is 4.51. The van der Waals surface area contributed by atoms with Crippen LogP contribution in [0.3, 0.4) is 0 Å². The molecule has 0 spiro atoms. The summed E-state index contributed by atoms with van der Waals surface area (Å²) in [7, 11) is 0. The molecule has 17 heavy (non-hydrogen) atoms. The quantitative estimate of drug-likeness (QED) is 0.548. The molecule has 0 aromatic rings. The first kappa shape index (κ1) is 14.2. The Morgan fingerprint density at radius 3 is 2.88 bits per heavy atom. The third-order valence-corrected chi connectivity index (χ3v) is 4.02.